The molecule has 0 bridgehead atoms. The van der Waals surface area contributed by atoms with Crippen molar-refractivity contribution in [2.75, 3.05) is 19.0 Å². The van der Waals surface area contributed by atoms with Gasteiger partial charge in [0.05, 0.1) is 12.8 Å². The van der Waals surface area contributed by atoms with E-state index in [-0.39, 0.29) is 0 Å². The molecule has 0 amide bonds. The normalized spacial score (nSPS) is 19.8. The molecule has 1 atom stereocenters. The van der Waals surface area contributed by atoms with Gasteiger partial charge < -0.3 is 10.1 Å². The van der Waals surface area contributed by atoms with Crippen LogP contribution in [0.1, 0.15) is 30.4 Å². The highest BCUT2D eigenvalue weighted by atomic mass is 16.5. The van der Waals surface area contributed by atoms with Crippen molar-refractivity contribution in [1.82, 2.24) is 0 Å². The molecule has 1 unspecified atom stereocenters. The Hall–Kier alpha value is -1.18. The Morgan fingerprint density at radius 1 is 1.43 bits per heavy atom. The number of rotatable bonds is 1. The number of methoxy groups -OCH3 is 1. The van der Waals surface area contributed by atoms with Crippen molar-refractivity contribution in [2.24, 2.45) is 0 Å². The molecule has 0 spiro atoms. The molecule has 0 fully saturated rings. The number of ether oxygens (including phenoxy) is 1. The molecule has 0 saturated carbocycles. The maximum atomic E-state index is 5.35. The largest absolute Gasteiger partial charge is 0.495 e. The first-order valence-electron chi connectivity index (χ1n) is 5.15. The zero-order valence-electron chi connectivity index (χ0n) is 9.05. The molecule has 1 N–H and O–H groups in total. The Morgan fingerprint density at radius 2 is 2.21 bits per heavy atom. The molecule has 2 nitrogen and oxygen atoms in total. The average molecular weight is 191 g/mol. The van der Waals surface area contributed by atoms with Crippen LogP contribution in [0, 0.1) is 6.92 Å². The summed E-state index contributed by atoms with van der Waals surface area (Å²) in [7, 11) is 1.73. The second kappa shape index (κ2) is 3.52. The molecular weight excluding hydrogens is 174 g/mol. The fourth-order valence-electron chi connectivity index (χ4n) is 2.25. The summed E-state index contributed by atoms with van der Waals surface area (Å²) in [5.74, 6) is 1.61. The van der Waals surface area contributed by atoms with Gasteiger partial charge in [0.25, 0.3) is 0 Å². The number of aryl methyl sites for hydroxylation is 1. The fraction of sp³-hybridized carbons (Fsp3) is 0.500. The van der Waals surface area contributed by atoms with Crippen LogP contribution in [-0.2, 0) is 0 Å². The Morgan fingerprint density at radius 3 is 2.93 bits per heavy atom. The smallest absolute Gasteiger partial charge is 0.142 e. The summed E-state index contributed by atoms with van der Waals surface area (Å²) >= 11 is 0. The van der Waals surface area contributed by atoms with Gasteiger partial charge >= 0.3 is 0 Å². The van der Waals surface area contributed by atoms with Gasteiger partial charge in [-0.15, -0.1) is 0 Å². The van der Waals surface area contributed by atoms with E-state index in [0.717, 1.165) is 12.3 Å². The molecular formula is C12H17NO. The first kappa shape index (κ1) is 9.38. The van der Waals surface area contributed by atoms with Crippen LogP contribution in [0.5, 0.6) is 5.75 Å². The summed E-state index contributed by atoms with van der Waals surface area (Å²) in [5.41, 5.74) is 3.99. The molecule has 2 heteroatoms. The summed E-state index contributed by atoms with van der Waals surface area (Å²) in [6, 6.07) is 4.18. The van der Waals surface area contributed by atoms with E-state index < -0.39 is 0 Å². The van der Waals surface area contributed by atoms with Gasteiger partial charge in [-0.25, -0.2) is 0 Å². The van der Waals surface area contributed by atoms with E-state index in [1.54, 1.807) is 7.11 Å². The fourth-order valence-corrected chi connectivity index (χ4v) is 2.25. The van der Waals surface area contributed by atoms with Crippen LogP contribution < -0.4 is 10.1 Å². The van der Waals surface area contributed by atoms with Crippen LogP contribution >= 0.6 is 0 Å². The van der Waals surface area contributed by atoms with E-state index in [2.05, 4.69) is 25.2 Å². The number of fused-ring (bicyclic) bond motifs is 1. The molecule has 1 aromatic rings. The van der Waals surface area contributed by atoms with Gasteiger partial charge in [-0.1, -0.05) is 13.0 Å². The second-order valence-corrected chi connectivity index (χ2v) is 3.99. The lowest BCUT2D eigenvalue weighted by Crippen LogP contribution is -2.16. The van der Waals surface area contributed by atoms with Crippen molar-refractivity contribution >= 4 is 5.69 Å². The average Bonchev–Trinajstić information content (AvgIpc) is 2.18. The van der Waals surface area contributed by atoms with Crippen LogP contribution in [0.15, 0.2) is 12.1 Å². The highest BCUT2D eigenvalue weighted by Crippen LogP contribution is 2.39. The van der Waals surface area contributed by atoms with Crippen LogP contribution in [-0.4, -0.2) is 13.7 Å². The lowest BCUT2D eigenvalue weighted by atomic mass is 9.89. The number of benzene rings is 1. The van der Waals surface area contributed by atoms with Crippen molar-refractivity contribution < 1.29 is 4.74 Å². The van der Waals surface area contributed by atoms with E-state index >= 15 is 0 Å². The van der Waals surface area contributed by atoms with Crippen molar-refractivity contribution in [2.45, 2.75) is 26.2 Å². The monoisotopic (exact) mass is 191 g/mol. The van der Waals surface area contributed by atoms with Crippen molar-refractivity contribution in [1.29, 1.82) is 0 Å². The van der Waals surface area contributed by atoms with E-state index in [4.69, 9.17) is 4.74 Å². The van der Waals surface area contributed by atoms with Gasteiger partial charge in [0, 0.05) is 6.54 Å². The maximum absolute atomic E-state index is 5.35. The van der Waals surface area contributed by atoms with Gasteiger partial charge in [0.1, 0.15) is 5.75 Å². The van der Waals surface area contributed by atoms with E-state index in [9.17, 15) is 0 Å². The van der Waals surface area contributed by atoms with Crippen LogP contribution in [0.2, 0.25) is 0 Å². The molecule has 0 aromatic heterocycles. The van der Waals surface area contributed by atoms with Crippen LogP contribution in [0.3, 0.4) is 0 Å². The molecule has 14 heavy (non-hydrogen) atoms. The van der Waals surface area contributed by atoms with Gasteiger partial charge in [-0.05, 0) is 36.5 Å². The SMILES string of the molecule is COc1ccc(C)c2c1NCCC2C. The number of nitrogens with one attached hydrogen (secondary N) is 1. The second-order valence-electron chi connectivity index (χ2n) is 3.99. The first-order valence-corrected chi connectivity index (χ1v) is 5.15. The molecule has 0 radical (unpaired) electrons. The molecule has 1 aromatic carbocycles. The van der Waals surface area contributed by atoms with Crippen LogP contribution in [0.4, 0.5) is 5.69 Å². The summed E-state index contributed by atoms with van der Waals surface area (Å²) in [6.45, 7) is 5.50. The summed E-state index contributed by atoms with van der Waals surface area (Å²) in [4.78, 5) is 0. The third-order valence-electron chi connectivity index (χ3n) is 3.02. The third-order valence-corrected chi connectivity index (χ3v) is 3.02. The summed E-state index contributed by atoms with van der Waals surface area (Å²) in [5, 5.41) is 3.43. The Kier molecular flexibility index (Phi) is 2.36. The Balaban J connectivity index is 2.57. The van der Waals surface area contributed by atoms with Gasteiger partial charge in [0.15, 0.2) is 0 Å². The molecule has 2 rings (SSSR count). The quantitative estimate of drug-likeness (QED) is 0.737. The summed E-state index contributed by atoms with van der Waals surface area (Å²) < 4.78 is 5.35. The van der Waals surface area contributed by atoms with Gasteiger partial charge in [-0.2, -0.15) is 0 Å². The minimum atomic E-state index is 0.640. The molecule has 1 aliphatic heterocycles. The lowest BCUT2D eigenvalue weighted by Gasteiger charge is -2.27. The Bertz CT molecular complexity index is 346. The maximum Gasteiger partial charge on any atom is 0.142 e. The van der Waals surface area contributed by atoms with Gasteiger partial charge in [0.2, 0.25) is 0 Å². The van der Waals surface area contributed by atoms with E-state index in [0.29, 0.717) is 5.92 Å². The summed E-state index contributed by atoms with van der Waals surface area (Å²) in [6.07, 6.45) is 1.21. The number of anilines is 1. The zero-order chi connectivity index (χ0) is 10.1. The molecule has 0 aliphatic carbocycles. The van der Waals surface area contributed by atoms with Crippen LogP contribution in [0.25, 0.3) is 0 Å². The lowest BCUT2D eigenvalue weighted by molar-refractivity contribution is 0.414. The molecule has 0 saturated heterocycles. The highest BCUT2D eigenvalue weighted by molar-refractivity contribution is 5.66. The predicted octanol–water partition coefficient (Wildman–Crippen LogP) is 2.92. The minimum absolute atomic E-state index is 0.640. The number of hydrogen-bond donors (Lipinski definition) is 1. The van der Waals surface area contributed by atoms with Crippen molar-refractivity contribution in [3.63, 3.8) is 0 Å². The Labute approximate surface area is 85.3 Å². The number of hydrogen-bond acceptors (Lipinski definition) is 2. The van der Waals surface area contributed by atoms with Gasteiger partial charge in [-0.3, -0.25) is 0 Å². The zero-order valence-corrected chi connectivity index (χ0v) is 9.05. The minimum Gasteiger partial charge on any atom is -0.495 e. The van der Waals surface area contributed by atoms with E-state index in [1.807, 2.05) is 6.07 Å². The molecule has 76 valence electrons. The highest BCUT2D eigenvalue weighted by Gasteiger charge is 2.20. The van der Waals surface area contributed by atoms with E-state index in [1.165, 1.54) is 23.2 Å². The molecule has 1 aliphatic rings. The topological polar surface area (TPSA) is 21.3 Å². The third kappa shape index (κ3) is 1.35. The standard InChI is InChI=1S/C12H17NO/c1-8-4-5-10(14-3)12-11(8)9(2)6-7-13-12/h4-5,9,13H,6-7H2,1-3H3. The predicted molar refractivity (Wildman–Crippen MR) is 59.3 cm³/mol. The molecule has 1 heterocycles. The first-order chi connectivity index (χ1) is 6.74. The van der Waals surface area contributed by atoms with Crippen molar-refractivity contribution in [3.8, 4) is 5.75 Å². The van der Waals surface area contributed by atoms with Crippen molar-refractivity contribution in [3.05, 3.63) is 23.3 Å².